The van der Waals surface area contributed by atoms with Crippen LogP contribution in [0.2, 0.25) is 0 Å². The lowest BCUT2D eigenvalue weighted by Gasteiger charge is -2.18. The van der Waals surface area contributed by atoms with Gasteiger partial charge in [0.15, 0.2) is 5.16 Å². The number of rotatable bonds is 7. The molecule has 0 aliphatic rings. The lowest BCUT2D eigenvalue weighted by molar-refractivity contribution is -0.127. The van der Waals surface area contributed by atoms with Crippen molar-refractivity contribution in [2.75, 3.05) is 12.8 Å². The van der Waals surface area contributed by atoms with Crippen LogP contribution in [0, 0.1) is 20.8 Å². The lowest BCUT2D eigenvalue weighted by Crippen LogP contribution is -2.29. The fourth-order valence-electron chi connectivity index (χ4n) is 3.08. The number of aryl methyl sites for hydroxylation is 3. The Kier molecular flexibility index (Phi) is 6.59. The summed E-state index contributed by atoms with van der Waals surface area (Å²) in [7, 11) is 1.80. The van der Waals surface area contributed by atoms with E-state index < -0.39 is 0 Å². The van der Waals surface area contributed by atoms with Crippen LogP contribution in [0.3, 0.4) is 0 Å². The number of carbonyl (C=O) groups excluding carboxylic acids is 1. The largest absolute Gasteiger partial charge is 0.341 e. The summed E-state index contributed by atoms with van der Waals surface area (Å²) in [6, 6.07) is 8.05. The highest BCUT2D eigenvalue weighted by molar-refractivity contribution is 7.99. The predicted molar refractivity (Wildman–Crippen MR) is 122 cm³/mol. The van der Waals surface area contributed by atoms with Crippen molar-refractivity contribution in [3.8, 4) is 0 Å². The number of thiophene rings is 1. The van der Waals surface area contributed by atoms with Crippen LogP contribution >= 0.6 is 23.1 Å². The number of hydrogen-bond donors (Lipinski definition) is 0. The number of benzene rings is 1. The summed E-state index contributed by atoms with van der Waals surface area (Å²) < 4.78 is 1.60. The summed E-state index contributed by atoms with van der Waals surface area (Å²) in [5.74, 6) is 0.220. The third kappa shape index (κ3) is 4.46. The Balaban J connectivity index is 1.81. The maximum Gasteiger partial charge on any atom is 0.263 e. The Bertz CT molecular complexity index is 1130. The molecule has 152 valence electrons. The minimum atomic E-state index is -0.0695. The lowest BCUT2D eigenvalue weighted by atomic mass is 10.1. The number of nitrogens with zero attached hydrogens (tertiary/aromatic N) is 3. The first-order chi connectivity index (χ1) is 13.8. The van der Waals surface area contributed by atoms with Gasteiger partial charge in [0.05, 0.1) is 11.1 Å². The molecule has 1 amide bonds. The van der Waals surface area contributed by atoms with E-state index in [0.717, 1.165) is 26.4 Å². The zero-order valence-corrected chi connectivity index (χ0v) is 18.8. The average Bonchev–Trinajstić information content (AvgIpc) is 2.98. The first-order valence-electron chi connectivity index (χ1n) is 9.36. The zero-order chi connectivity index (χ0) is 21.1. The van der Waals surface area contributed by atoms with Crippen molar-refractivity contribution in [1.82, 2.24) is 14.5 Å². The van der Waals surface area contributed by atoms with Gasteiger partial charge in [0.2, 0.25) is 5.91 Å². The fraction of sp³-hybridized carbons (Fsp3) is 0.318. The topological polar surface area (TPSA) is 55.2 Å². The van der Waals surface area contributed by atoms with Gasteiger partial charge in [-0.25, -0.2) is 4.98 Å². The van der Waals surface area contributed by atoms with E-state index in [4.69, 9.17) is 4.98 Å². The molecule has 3 rings (SSSR count). The summed E-state index contributed by atoms with van der Waals surface area (Å²) in [4.78, 5) is 33.9. The van der Waals surface area contributed by atoms with E-state index in [-0.39, 0.29) is 17.2 Å². The molecular formula is C22H25N3O2S2. The number of thioether (sulfide) groups is 1. The number of amides is 1. The number of allylic oxidation sites excluding steroid dienone is 1. The van der Waals surface area contributed by atoms with Crippen LogP contribution in [0.15, 0.2) is 46.9 Å². The summed E-state index contributed by atoms with van der Waals surface area (Å²) in [6.45, 7) is 10.7. The summed E-state index contributed by atoms with van der Waals surface area (Å²) >= 11 is 2.82. The molecule has 0 unspecified atom stereocenters. The first kappa shape index (κ1) is 21.3. The molecule has 0 aliphatic heterocycles. The van der Waals surface area contributed by atoms with Crippen molar-refractivity contribution in [1.29, 1.82) is 0 Å². The molecule has 0 N–H and O–H groups in total. The van der Waals surface area contributed by atoms with Crippen molar-refractivity contribution in [3.63, 3.8) is 0 Å². The second-order valence-electron chi connectivity index (χ2n) is 7.03. The molecule has 1 aromatic carbocycles. The molecule has 0 saturated heterocycles. The van der Waals surface area contributed by atoms with Gasteiger partial charge in [-0.1, -0.05) is 42.1 Å². The van der Waals surface area contributed by atoms with Gasteiger partial charge in [0.1, 0.15) is 4.83 Å². The van der Waals surface area contributed by atoms with Crippen LogP contribution in [-0.2, 0) is 17.9 Å². The van der Waals surface area contributed by atoms with Crippen LogP contribution < -0.4 is 5.56 Å². The molecule has 0 atom stereocenters. The monoisotopic (exact) mass is 427 g/mol. The van der Waals surface area contributed by atoms with E-state index in [2.05, 4.69) is 6.58 Å². The van der Waals surface area contributed by atoms with E-state index in [1.54, 1.807) is 22.6 Å². The Morgan fingerprint density at radius 1 is 1.31 bits per heavy atom. The van der Waals surface area contributed by atoms with Crippen molar-refractivity contribution < 1.29 is 4.79 Å². The first-order valence-corrected chi connectivity index (χ1v) is 11.2. The fourth-order valence-corrected chi connectivity index (χ4v) is 5.10. The number of hydrogen-bond acceptors (Lipinski definition) is 5. The Morgan fingerprint density at radius 3 is 2.72 bits per heavy atom. The highest BCUT2D eigenvalue weighted by Crippen LogP contribution is 2.28. The normalized spacial score (nSPS) is 11.0. The minimum Gasteiger partial charge on any atom is -0.341 e. The Hall–Kier alpha value is -2.38. The number of aromatic nitrogens is 2. The number of carbonyl (C=O) groups is 1. The summed E-state index contributed by atoms with van der Waals surface area (Å²) in [6.07, 6.45) is 1.68. The van der Waals surface area contributed by atoms with Gasteiger partial charge in [-0.2, -0.15) is 0 Å². The predicted octanol–water partition coefficient (Wildman–Crippen LogP) is 4.32. The molecule has 0 saturated carbocycles. The SMILES string of the molecule is C=CCn1c(SCC(=O)N(C)Cc2ccccc2C)nc2sc(C)c(C)c2c1=O. The maximum absolute atomic E-state index is 13.0. The van der Waals surface area contributed by atoms with E-state index in [1.165, 1.54) is 23.1 Å². The van der Waals surface area contributed by atoms with Crippen LogP contribution in [0.25, 0.3) is 10.2 Å². The smallest absolute Gasteiger partial charge is 0.263 e. The second kappa shape index (κ2) is 8.97. The molecule has 0 radical (unpaired) electrons. The minimum absolute atomic E-state index is 0.00343. The maximum atomic E-state index is 13.0. The Labute approximate surface area is 179 Å². The highest BCUT2D eigenvalue weighted by Gasteiger charge is 2.18. The third-order valence-corrected chi connectivity index (χ3v) is 7.05. The van der Waals surface area contributed by atoms with Gasteiger partial charge >= 0.3 is 0 Å². The van der Waals surface area contributed by atoms with Crippen molar-refractivity contribution in [3.05, 3.63) is 68.8 Å². The molecule has 7 heteroatoms. The highest BCUT2D eigenvalue weighted by atomic mass is 32.2. The quantitative estimate of drug-likeness (QED) is 0.320. The molecule has 0 aliphatic carbocycles. The van der Waals surface area contributed by atoms with Gasteiger partial charge in [0, 0.05) is 25.0 Å². The molecule has 29 heavy (non-hydrogen) atoms. The summed E-state index contributed by atoms with van der Waals surface area (Å²) in [5, 5.41) is 1.22. The summed E-state index contributed by atoms with van der Waals surface area (Å²) in [5.41, 5.74) is 3.20. The van der Waals surface area contributed by atoms with E-state index in [1.807, 2.05) is 45.0 Å². The van der Waals surface area contributed by atoms with Crippen molar-refractivity contribution in [2.24, 2.45) is 0 Å². The van der Waals surface area contributed by atoms with Gasteiger partial charge in [-0.05, 0) is 37.5 Å². The van der Waals surface area contributed by atoms with E-state index >= 15 is 0 Å². The van der Waals surface area contributed by atoms with Crippen LogP contribution in [-0.4, -0.2) is 33.2 Å². The van der Waals surface area contributed by atoms with Gasteiger partial charge in [-0.15, -0.1) is 17.9 Å². The van der Waals surface area contributed by atoms with Crippen molar-refractivity contribution >= 4 is 39.2 Å². The third-order valence-electron chi connectivity index (χ3n) is 4.98. The zero-order valence-electron chi connectivity index (χ0n) is 17.2. The van der Waals surface area contributed by atoms with Crippen LogP contribution in [0.1, 0.15) is 21.6 Å². The van der Waals surface area contributed by atoms with Crippen LogP contribution in [0.4, 0.5) is 0 Å². The number of fused-ring (bicyclic) bond motifs is 1. The molecular weight excluding hydrogens is 402 g/mol. The van der Waals surface area contributed by atoms with Crippen molar-refractivity contribution in [2.45, 2.75) is 39.0 Å². The molecule has 0 fully saturated rings. The molecule has 0 bridgehead atoms. The van der Waals surface area contributed by atoms with E-state index in [9.17, 15) is 9.59 Å². The molecule has 2 heterocycles. The molecule has 2 aromatic heterocycles. The van der Waals surface area contributed by atoms with Gasteiger partial charge < -0.3 is 4.90 Å². The molecule has 3 aromatic rings. The second-order valence-corrected chi connectivity index (χ2v) is 9.17. The van der Waals surface area contributed by atoms with Gasteiger partial charge in [-0.3, -0.25) is 14.2 Å². The van der Waals surface area contributed by atoms with E-state index in [0.29, 0.717) is 23.6 Å². The molecule has 5 nitrogen and oxygen atoms in total. The average molecular weight is 428 g/mol. The van der Waals surface area contributed by atoms with Gasteiger partial charge in [0.25, 0.3) is 5.56 Å². The van der Waals surface area contributed by atoms with Crippen LogP contribution in [0.5, 0.6) is 0 Å². The standard InChI is InChI=1S/C22H25N3O2S2/c1-6-11-25-21(27)19-15(3)16(4)29-20(19)23-22(25)28-13-18(26)24(5)12-17-10-8-7-9-14(17)2/h6-10H,1,11-13H2,2-5H3. The molecule has 0 spiro atoms. The Morgan fingerprint density at radius 2 is 2.03 bits per heavy atom.